The van der Waals surface area contributed by atoms with Gasteiger partial charge in [0.1, 0.15) is 9.84 Å². The Balaban J connectivity index is 3.24. The van der Waals surface area contributed by atoms with E-state index >= 15 is 0 Å². The van der Waals surface area contributed by atoms with E-state index < -0.39 is 9.84 Å². The number of aryl methyl sites for hydroxylation is 1. The molecule has 0 fully saturated rings. The van der Waals surface area contributed by atoms with Gasteiger partial charge in [0, 0.05) is 12.3 Å². The molecule has 5 nitrogen and oxygen atoms in total. The van der Waals surface area contributed by atoms with Crippen molar-refractivity contribution < 1.29 is 17.9 Å². The van der Waals surface area contributed by atoms with Gasteiger partial charge in [0.15, 0.2) is 11.5 Å². The minimum absolute atomic E-state index is 0.0415. The van der Waals surface area contributed by atoms with Crippen LogP contribution in [0.1, 0.15) is 17.2 Å². The third-order valence-corrected chi connectivity index (χ3v) is 3.90. The number of sulfone groups is 1. The first-order valence-corrected chi connectivity index (χ1v) is 7.96. The lowest BCUT2D eigenvalue weighted by Crippen LogP contribution is -2.25. The molecule has 0 aliphatic rings. The molecule has 0 radical (unpaired) electrons. The lowest BCUT2D eigenvalue weighted by molar-refractivity contribution is 0.353. The zero-order valence-corrected chi connectivity index (χ0v) is 12.8. The molecular weight excluding hydrogens is 266 g/mol. The minimum atomic E-state index is -3.07. The van der Waals surface area contributed by atoms with E-state index in [1.165, 1.54) is 6.26 Å². The molecule has 1 aromatic carbocycles. The Morgan fingerprint density at radius 1 is 1.21 bits per heavy atom. The molecule has 0 aliphatic carbocycles. The molecule has 1 rings (SSSR count). The maximum absolute atomic E-state index is 11.5. The molecule has 108 valence electrons. The number of rotatable bonds is 6. The lowest BCUT2D eigenvalue weighted by atomic mass is 10.0. The van der Waals surface area contributed by atoms with Gasteiger partial charge in [-0.2, -0.15) is 0 Å². The van der Waals surface area contributed by atoms with Crippen molar-refractivity contribution in [3.8, 4) is 11.5 Å². The molecule has 1 N–H and O–H groups in total. The summed E-state index contributed by atoms with van der Waals surface area (Å²) in [7, 11) is 1.80. The van der Waals surface area contributed by atoms with Crippen molar-refractivity contribution in [1.29, 1.82) is 0 Å². The molecule has 1 unspecified atom stereocenters. The monoisotopic (exact) mass is 287 g/mol. The number of benzene rings is 1. The second kappa shape index (κ2) is 6.25. The molecule has 0 aromatic heterocycles. The molecule has 6 heteroatoms. The molecule has 0 spiro atoms. The van der Waals surface area contributed by atoms with E-state index in [9.17, 15) is 8.42 Å². The number of hydrogen-bond donors (Lipinski definition) is 1. The van der Waals surface area contributed by atoms with Crippen LogP contribution in [0.2, 0.25) is 0 Å². The van der Waals surface area contributed by atoms with E-state index in [1.807, 2.05) is 19.1 Å². The van der Waals surface area contributed by atoms with E-state index in [0.717, 1.165) is 11.1 Å². The average Bonchev–Trinajstić information content (AvgIpc) is 2.34. The summed E-state index contributed by atoms with van der Waals surface area (Å²) in [4.78, 5) is 0. The highest BCUT2D eigenvalue weighted by Crippen LogP contribution is 2.33. The van der Waals surface area contributed by atoms with Crippen LogP contribution >= 0.6 is 0 Å². The van der Waals surface area contributed by atoms with Gasteiger partial charge in [-0.05, 0) is 37.2 Å². The summed E-state index contributed by atoms with van der Waals surface area (Å²) in [5.41, 5.74) is 1.85. The normalized spacial score (nSPS) is 13.1. The highest BCUT2D eigenvalue weighted by atomic mass is 32.2. The quantitative estimate of drug-likeness (QED) is 0.855. The Hall–Kier alpha value is -1.27. The predicted octanol–water partition coefficient (Wildman–Crippen LogP) is 1.32. The molecule has 0 saturated heterocycles. The van der Waals surface area contributed by atoms with Crippen molar-refractivity contribution in [3.63, 3.8) is 0 Å². The number of methoxy groups -OCH3 is 2. The maximum Gasteiger partial charge on any atom is 0.161 e. The minimum Gasteiger partial charge on any atom is -0.493 e. The van der Waals surface area contributed by atoms with Crippen molar-refractivity contribution in [2.45, 2.75) is 13.0 Å². The largest absolute Gasteiger partial charge is 0.493 e. The molecule has 19 heavy (non-hydrogen) atoms. The predicted molar refractivity (Wildman–Crippen MR) is 75.8 cm³/mol. The van der Waals surface area contributed by atoms with Crippen molar-refractivity contribution in [2.24, 2.45) is 0 Å². The SMILES string of the molecule is CNC(CS(C)(=O)=O)c1cc(OC)c(OC)cc1C. The Labute approximate surface area is 114 Å². The molecule has 0 saturated carbocycles. The highest BCUT2D eigenvalue weighted by Gasteiger charge is 2.19. The summed E-state index contributed by atoms with van der Waals surface area (Å²) in [6, 6.07) is 3.40. The van der Waals surface area contributed by atoms with Crippen LogP contribution in [-0.2, 0) is 9.84 Å². The summed E-state index contributed by atoms with van der Waals surface area (Å²) >= 11 is 0. The van der Waals surface area contributed by atoms with Gasteiger partial charge in [-0.1, -0.05) is 0 Å². The summed E-state index contributed by atoms with van der Waals surface area (Å²) in [6.07, 6.45) is 1.23. The zero-order chi connectivity index (χ0) is 14.6. The van der Waals surface area contributed by atoms with Gasteiger partial charge < -0.3 is 14.8 Å². The average molecular weight is 287 g/mol. The van der Waals surface area contributed by atoms with Crippen LogP contribution in [0.15, 0.2) is 12.1 Å². The molecule has 0 bridgehead atoms. The Kier molecular flexibility index (Phi) is 5.20. The van der Waals surface area contributed by atoms with Gasteiger partial charge in [0.2, 0.25) is 0 Å². The number of nitrogens with one attached hydrogen (secondary N) is 1. The topological polar surface area (TPSA) is 64.6 Å². The van der Waals surface area contributed by atoms with Gasteiger partial charge in [-0.15, -0.1) is 0 Å². The van der Waals surface area contributed by atoms with E-state index in [4.69, 9.17) is 9.47 Å². The summed E-state index contributed by atoms with van der Waals surface area (Å²) in [5, 5.41) is 3.03. The fraction of sp³-hybridized carbons (Fsp3) is 0.538. The number of ether oxygens (including phenoxy) is 2. The van der Waals surface area contributed by atoms with Crippen LogP contribution in [0.4, 0.5) is 0 Å². The van der Waals surface area contributed by atoms with Crippen molar-refractivity contribution in [1.82, 2.24) is 5.32 Å². The van der Waals surface area contributed by atoms with E-state index in [2.05, 4.69) is 5.32 Å². The van der Waals surface area contributed by atoms with Crippen molar-refractivity contribution >= 4 is 9.84 Å². The fourth-order valence-electron chi connectivity index (χ4n) is 2.00. The van der Waals surface area contributed by atoms with Gasteiger partial charge in [-0.25, -0.2) is 8.42 Å². The molecule has 0 amide bonds. The Bertz CT molecular complexity index is 540. The third kappa shape index (κ3) is 4.11. The van der Waals surface area contributed by atoms with Crippen LogP contribution in [0.25, 0.3) is 0 Å². The first-order chi connectivity index (χ1) is 8.82. The maximum atomic E-state index is 11.5. The Morgan fingerprint density at radius 3 is 2.16 bits per heavy atom. The van der Waals surface area contributed by atoms with Gasteiger partial charge in [0.25, 0.3) is 0 Å². The fourth-order valence-corrected chi connectivity index (χ4v) is 2.95. The van der Waals surface area contributed by atoms with Crippen LogP contribution in [0.3, 0.4) is 0 Å². The smallest absolute Gasteiger partial charge is 0.161 e. The van der Waals surface area contributed by atoms with E-state index in [1.54, 1.807) is 21.3 Å². The van der Waals surface area contributed by atoms with Crippen LogP contribution < -0.4 is 14.8 Å². The first-order valence-electron chi connectivity index (χ1n) is 5.90. The second-order valence-electron chi connectivity index (χ2n) is 4.50. The molecule has 1 aromatic rings. The van der Waals surface area contributed by atoms with E-state index in [-0.39, 0.29) is 11.8 Å². The number of hydrogen-bond acceptors (Lipinski definition) is 5. The molecule has 0 aliphatic heterocycles. The van der Waals surface area contributed by atoms with Crippen molar-refractivity contribution in [3.05, 3.63) is 23.3 Å². The Morgan fingerprint density at radius 2 is 1.74 bits per heavy atom. The second-order valence-corrected chi connectivity index (χ2v) is 6.68. The molecular formula is C13H21NO4S. The van der Waals surface area contributed by atoms with Crippen LogP contribution in [0, 0.1) is 6.92 Å². The zero-order valence-electron chi connectivity index (χ0n) is 12.0. The van der Waals surface area contributed by atoms with E-state index in [0.29, 0.717) is 11.5 Å². The van der Waals surface area contributed by atoms with Crippen LogP contribution in [0.5, 0.6) is 11.5 Å². The third-order valence-electron chi connectivity index (χ3n) is 2.97. The first kappa shape index (κ1) is 15.8. The summed E-state index contributed by atoms with van der Waals surface area (Å²) in [6.45, 7) is 1.92. The highest BCUT2D eigenvalue weighted by molar-refractivity contribution is 7.90. The molecule has 0 heterocycles. The van der Waals surface area contributed by atoms with Gasteiger partial charge in [0.05, 0.1) is 20.0 Å². The standard InChI is InChI=1S/C13H21NO4S/c1-9-6-12(17-3)13(18-4)7-10(9)11(14-2)8-19(5,15)16/h6-7,11,14H,8H2,1-5H3. The van der Waals surface area contributed by atoms with Crippen LogP contribution in [-0.4, -0.2) is 41.7 Å². The van der Waals surface area contributed by atoms with Gasteiger partial charge in [-0.3, -0.25) is 0 Å². The van der Waals surface area contributed by atoms with Crippen molar-refractivity contribution in [2.75, 3.05) is 33.3 Å². The van der Waals surface area contributed by atoms with Gasteiger partial charge >= 0.3 is 0 Å². The summed E-state index contributed by atoms with van der Waals surface area (Å²) in [5.74, 6) is 1.27. The molecule has 1 atom stereocenters. The lowest BCUT2D eigenvalue weighted by Gasteiger charge is -2.20. The summed E-state index contributed by atoms with van der Waals surface area (Å²) < 4.78 is 33.4.